The van der Waals surface area contributed by atoms with Crippen molar-refractivity contribution in [2.45, 2.75) is 45.2 Å². The van der Waals surface area contributed by atoms with Gasteiger partial charge in [0.05, 0.1) is 19.1 Å². The molecular weight excluding hydrogens is 545 g/mol. The van der Waals surface area contributed by atoms with Crippen LogP contribution >= 0.6 is 0 Å². The van der Waals surface area contributed by atoms with E-state index in [1.807, 2.05) is 55.5 Å². The van der Waals surface area contributed by atoms with Crippen LogP contribution in [0.25, 0.3) is 0 Å². The number of anilines is 1. The number of amides is 2. The maximum Gasteiger partial charge on any atom is 0.243 e. The minimum Gasteiger partial charge on any atom is -0.497 e. The zero-order valence-corrected chi connectivity index (χ0v) is 24.6. The van der Waals surface area contributed by atoms with Crippen molar-refractivity contribution in [2.24, 2.45) is 0 Å². The van der Waals surface area contributed by atoms with Gasteiger partial charge >= 0.3 is 0 Å². The average Bonchev–Trinajstić information content (AvgIpc) is 2.96. The van der Waals surface area contributed by atoms with Crippen molar-refractivity contribution in [1.29, 1.82) is 0 Å². The van der Waals surface area contributed by atoms with E-state index < -0.39 is 21.9 Å². The van der Waals surface area contributed by atoms with Crippen LogP contribution in [0.3, 0.4) is 0 Å². The summed E-state index contributed by atoms with van der Waals surface area (Å²) in [6.07, 6.45) is 2.34. The largest absolute Gasteiger partial charge is 0.497 e. The minimum absolute atomic E-state index is 0.00350. The molecule has 0 aliphatic heterocycles. The number of halogens is 1. The molecule has 0 saturated heterocycles. The summed E-state index contributed by atoms with van der Waals surface area (Å²) in [5.74, 6) is -0.381. The van der Waals surface area contributed by atoms with E-state index in [4.69, 9.17) is 4.74 Å². The Kier molecular flexibility index (Phi) is 11.7. The molecule has 0 bridgehead atoms. The van der Waals surface area contributed by atoms with Gasteiger partial charge in [0.2, 0.25) is 21.8 Å². The highest BCUT2D eigenvalue weighted by atomic mass is 32.2. The van der Waals surface area contributed by atoms with Crippen LogP contribution in [-0.4, -0.2) is 57.6 Å². The Morgan fingerprint density at radius 3 is 2.29 bits per heavy atom. The van der Waals surface area contributed by atoms with Gasteiger partial charge in [-0.1, -0.05) is 49.4 Å². The van der Waals surface area contributed by atoms with Gasteiger partial charge in [0.25, 0.3) is 0 Å². The number of sulfonamides is 1. The molecular formula is C31H38FN3O5S. The van der Waals surface area contributed by atoms with Crippen LogP contribution < -0.4 is 14.4 Å². The normalized spacial score (nSPS) is 11.9. The molecule has 1 unspecified atom stereocenters. The van der Waals surface area contributed by atoms with Gasteiger partial charge < -0.3 is 15.0 Å². The van der Waals surface area contributed by atoms with E-state index in [2.05, 4.69) is 5.32 Å². The lowest BCUT2D eigenvalue weighted by atomic mass is 10.0. The number of benzene rings is 3. The minimum atomic E-state index is -3.68. The van der Waals surface area contributed by atoms with E-state index in [9.17, 15) is 22.4 Å². The summed E-state index contributed by atoms with van der Waals surface area (Å²) >= 11 is 0. The Hall–Kier alpha value is -3.92. The number of ether oxygens (including phenoxy) is 1. The zero-order chi connectivity index (χ0) is 29.8. The number of carbonyl (C=O) groups excluding carboxylic acids is 2. The third-order valence-corrected chi connectivity index (χ3v) is 7.77. The van der Waals surface area contributed by atoms with Crippen LogP contribution in [0, 0.1) is 5.82 Å². The van der Waals surface area contributed by atoms with E-state index in [0.29, 0.717) is 24.4 Å². The van der Waals surface area contributed by atoms with Crippen molar-refractivity contribution in [3.05, 3.63) is 95.8 Å². The summed E-state index contributed by atoms with van der Waals surface area (Å²) < 4.78 is 45.0. The molecule has 0 saturated carbocycles. The Morgan fingerprint density at radius 1 is 0.976 bits per heavy atom. The topological polar surface area (TPSA) is 96.0 Å². The maximum atomic E-state index is 13.8. The third kappa shape index (κ3) is 9.60. The fourth-order valence-electron chi connectivity index (χ4n) is 4.50. The fourth-order valence-corrected chi connectivity index (χ4v) is 5.46. The summed E-state index contributed by atoms with van der Waals surface area (Å²) in [4.78, 5) is 28.8. The SMILES string of the molecule is CCCNC(=O)C(Cc1ccccc1)N(Cc1cccc(OC)c1)C(=O)CCCN(c1ccc(F)cc1)S(C)(=O)=O. The summed E-state index contributed by atoms with van der Waals surface area (Å²) in [5, 5.41) is 2.94. The van der Waals surface area contributed by atoms with Gasteiger partial charge in [-0.3, -0.25) is 13.9 Å². The molecule has 0 heterocycles. The highest BCUT2D eigenvalue weighted by Crippen LogP contribution is 2.21. The van der Waals surface area contributed by atoms with Gasteiger partial charge in [-0.2, -0.15) is 0 Å². The molecule has 41 heavy (non-hydrogen) atoms. The summed E-state index contributed by atoms with van der Waals surface area (Å²) in [6, 6.07) is 21.2. The standard InChI is InChI=1S/C31H38FN3O5S/c1-4-19-33-31(37)29(22-24-10-6-5-7-11-24)34(23-25-12-8-13-28(21-25)40-2)30(36)14-9-20-35(41(3,38)39)27-17-15-26(32)16-18-27/h5-8,10-13,15-18,21,29H,4,9,14,19-20,22-23H2,1-3H3,(H,33,37). The molecule has 0 spiro atoms. The molecule has 1 atom stereocenters. The number of carbonyl (C=O) groups is 2. The summed E-state index contributed by atoms with van der Waals surface area (Å²) in [7, 11) is -2.12. The summed E-state index contributed by atoms with van der Waals surface area (Å²) in [5.41, 5.74) is 2.02. The molecule has 3 aromatic rings. The molecule has 3 rings (SSSR count). The Labute approximate surface area is 242 Å². The van der Waals surface area contributed by atoms with Gasteiger partial charge in [-0.05, 0) is 60.4 Å². The monoisotopic (exact) mass is 583 g/mol. The lowest BCUT2D eigenvalue weighted by Gasteiger charge is -2.32. The molecule has 0 aliphatic carbocycles. The molecule has 220 valence electrons. The molecule has 10 heteroatoms. The van der Waals surface area contributed by atoms with Crippen LogP contribution in [0.15, 0.2) is 78.9 Å². The molecule has 0 radical (unpaired) electrons. The number of hydrogen-bond acceptors (Lipinski definition) is 5. The van der Waals surface area contributed by atoms with E-state index in [1.165, 1.54) is 24.3 Å². The fraction of sp³-hybridized carbons (Fsp3) is 0.355. The van der Waals surface area contributed by atoms with Gasteiger partial charge in [0, 0.05) is 32.5 Å². The highest BCUT2D eigenvalue weighted by Gasteiger charge is 2.30. The van der Waals surface area contributed by atoms with Crippen molar-refractivity contribution in [2.75, 3.05) is 30.8 Å². The number of hydrogen-bond donors (Lipinski definition) is 1. The Bertz CT molecular complexity index is 1380. The van der Waals surface area contributed by atoms with Crippen molar-refractivity contribution in [3.63, 3.8) is 0 Å². The van der Waals surface area contributed by atoms with Crippen molar-refractivity contribution in [3.8, 4) is 5.75 Å². The van der Waals surface area contributed by atoms with E-state index >= 15 is 0 Å². The number of methoxy groups -OCH3 is 1. The molecule has 2 amide bonds. The second-order valence-electron chi connectivity index (χ2n) is 9.78. The van der Waals surface area contributed by atoms with Crippen LogP contribution in [-0.2, 0) is 32.6 Å². The number of nitrogens with zero attached hydrogens (tertiary/aromatic N) is 2. The van der Waals surface area contributed by atoms with Crippen LogP contribution in [0.1, 0.15) is 37.3 Å². The molecule has 0 fully saturated rings. The first-order valence-corrected chi connectivity index (χ1v) is 15.4. The molecule has 1 N–H and O–H groups in total. The molecule has 8 nitrogen and oxygen atoms in total. The van der Waals surface area contributed by atoms with Gasteiger partial charge in [0.15, 0.2) is 0 Å². The van der Waals surface area contributed by atoms with Crippen LogP contribution in [0.5, 0.6) is 5.75 Å². The van der Waals surface area contributed by atoms with Crippen molar-refractivity contribution in [1.82, 2.24) is 10.2 Å². The van der Waals surface area contributed by atoms with Gasteiger partial charge in [0.1, 0.15) is 17.6 Å². The maximum absolute atomic E-state index is 13.8. The number of rotatable bonds is 15. The lowest BCUT2D eigenvalue weighted by molar-refractivity contribution is -0.141. The second-order valence-corrected chi connectivity index (χ2v) is 11.7. The van der Waals surface area contributed by atoms with Gasteiger partial charge in [-0.25, -0.2) is 12.8 Å². The predicted octanol–water partition coefficient (Wildman–Crippen LogP) is 4.55. The van der Waals surface area contributed by atoms with Crippen LogP contribution in [0.2, 0.25) is 0 Å². The van der Waals surface area contributed by atoms with Crippen molar-refractivity contribution >= 4 is 27.5 Å². The predicted molar refractivity (Wildman–Crippen MR) is 159 cm³/mol. The average molecular weight is 584 g/mol. The quantitative estimate of drug-likeness (QED) is 0.283. The third-order valence-electron chi connectivity index (χ3n) is 6.57. The van der Waals surface area contributed by atoms with E-state index in [0.717, 1.165) is 28.1 Å². The first-order valence-electron chi connectivity index (χ1n) is 13.6. The Balaban J connectivity index is 1.88. The molecule has 0 aromatic heterocycles. The van der Waals surface area contributed by atoms with Crippen LogP contribution in [0.4, 0.5) is 10.1 Å². The molecule has 0 aliphatic rings. The molecule has 3 aromatic carbocycles. The van der Waals surface area contributed by atoms with Crippen molar-refractivity contribution < 1.29 is 27.1 Å². The first kappa shape index (κ1) is 31.6. The highest BCUT2D eigenvalue weighted by molar-refractivity contribution is 7.92. The number of nitrogens with one attached hydrogen (secondary N) is 1. The smallest absolute Gasteiger partial charge is 0.243 e. The first-order chi connectivity index (χ1) is 19.6. The Morgan fingerprint density at radius 2 is 1.66 bits per heavy atom. The second kappa shape index (κ2) is 15.2. The van der Waals surface area contributed by atoms with E-state index in [-0.39, 0.29) is 37.7 Å². The summed E-state index contributed by atoms with van der Waals surface area (Å²) in [6.45, 7) is 2.63. The van der Waals surface area contributed by atoms with E-state index in [1.54, 1.807) is 18.1 Å². The lowest BCUT2D eigenvalue weighted by Crippen LogP contribution is -2.50. The van der Waals surface area contributed by atoms with Gasteiger partial charge in [-0.15, -0.1) is 0 Å². The zero-order valence-electron chi connectivity index (χ0n) is 23.8.